The standard InChI is InChI=1S/C22H20O5/c1-14-10-18-17(12-22(24)27-20(18)11-15(14)2)13-26-21(23)9-8-16-6-4-5-7-19(16)25-3/h4-12H,13H2,1-3H3/b9-8+. The second-order valence-corrected chi connectivity index (χ2v) is 6.21. The quantitative estimate of drug-likeness (QED) is 0.386. The molecule has 0 fully saturated rings. The highest BCUT2D eigenvalue weighted by Gasteiger charge is 2.09. The molecule has 0 saturated heterocycles. The number of benzene rings is 2. The zero-order valence-corrected chi connectivity index (χ0v) is 15.4. The topological polar surface area (TPSA) is 65.7 Å². The first kappa shape index (κ1) is 18.5. The van der Waals surface area contributed by atoms with E-state index in [2.05, 4.69) is 0 Å². The van der Waals surface area contributed by atoms with Gasteiger partial charge in [0.1, 0.15) is 17.9 Å². The summed E-state index contributed by atoms with van der Waals surface area (Å²) in [6, 6.07) is 12.5. The summed E-state index contributed by atoms with van der Waals surface area (Å²) in [7, 11) is 1.57. The maximum absolute atomic E-state index is 12.1. The van der Waals surface area contributed by atoms with E-state index in [0.717, 1.165) is 22.1 Å². The van der Waals surface area contributed by atoms with Crippen molar-refractivity contribution in [3.63, 3.8) is 0 Å². The first-order valence-electron chi connectivity index (χ1n) is 8.50. The van der Waals surface area contributed by atoms with Gasteiger partial charge in [-0.15, -0.1) is 0 Å². The summed E-state index contributed by atoms with van der Waals surface area (Å²) in [5.41, 5.74) is 3.50. The molecule has 1 aromatic heterocycles. The van der Waals surface area contributed by atoms with E-state index in [1.165, 1.54) is 12.1 Å². The molecule has 0 amide bonds. The Bertz CT molecular complexity index is 1080. The van der Waals surface area contributed by atoms with Crippen molar-refractivity contribution >= 4 is 23.0 Å². The molecule has 0 bridgehead atoms. The van der Waals surface area contributed by atoms with Crippen molar-refractivity contribution in [2.24, 2.45) is 0 Å². The van der Waals surface area contributed by atoms with Gasteiger partial charge in [0.05, 0.1) is 7.11 Å². The fourth-order valence-corrected chi connectivity index (χ4v) is 2.76. The van der Waals surface area contributed by atoms with Crippen LogP contribution in [0.1, 0.15) is 22.3 Å². The summed E-state index contributed by atoms with van der Waals surface area (Å²) in [6.07, 6.45) is 2.97. The molecule has 3 rings (SSSR count). The summed E-state index contributed by atoms with van der Waals surface area (Å²) in [5.74, 6) is 0.158. The molecule has 0 radical (unpaired) electrons. The van der Waals surface area contributed by atoms with Gasteiger partial charge in [0.15, 0.2) is 0 Å². The molecule has 138 valence electrons. The van der Waals surface area contributed by atoms with Crippen LogP contribution in [0.4, 0.5) is 0 Å². The predicted molar refractivity (Wildman–Crippen MR) is 104 cm³/mol. The van der Waals surface area contributed by atoms with Crippen molar-refractivity contribution in [3.05, 3.63) is 81.2 Å². The van der Waals surface area contributed by atoms with Crippen LogP contribution in [-0.2, 0) is 16.1 Å². The largest absolute Gasteiger partial charge is 0.496 e. The van der Waals surface area contributed by atoms with E-state index in [1.54, 1.807) is 13.2 Å². The van der Waals surface area contributed by atoms with E-state index in [4.69, 9.17) is 13.9 Å². The number of esters is 1. The van der Waals surface area contributed by atoms with Crippen LogP contribution in [-0.4, -0.2) is 13.1 Å². The lowest BCUT2D eigenvalue weighted by Gasteiger charge is -2.08. The molecular formula is C22H20O5. The van der Waals surface area contributed by atoms with E-state index in [9.17, 15) is 9.59 Å². The van der Waals surface area contributed by atoms with E-state index in [1.807, 2.05) is 50.2 Å². The number of rotatable bonds is 5. The highest BCUT2D eigenvalue weighted by atomic mass is 16.5. The molecule has 1 heterocycles. The maximum atomic E-state index is 12.1. The molecule has 5 nitrogen and oxygen atoms in total. The SMILES string of the molecule is COc1ccccc1/C=C/C(=O)OCc1cc(=O)oc2cc(C)c(C)cc12. The van der Waals surface area contributed by atoms with Gasteiger partial charge in [-0.2, -0.15) is 0 Å². The van der Waals surface area contributed by atoms with Crippen molar-refractivity contribution in [2.45, 2.75) is 20.5 Å². The van der Waals surface area contributed by atoms with Crippen LogP contribution >= 0.6 is 0 Å². The summed E-state index contributed by atoms with van der Waals surface area (Å²) in [6.45, 7) is 3.91. The third-order valence-corrected chi connectivity index (χ3v) is 4.35. The number of carbonyl (C=O) groups excluding carboxylic acids is 1. The number of fused-ring (bicyclic) bond motifs is 1. The van der Waals surface area contributed by atoms with Gasteiger partial charge in [0.2, 0.25) is 0 Å². The van der Waals surface area contributed by atoms with E-state index in [-0.39, 0.29) is 6.61 Å². The lowest BCUT2D eigenvalue weighted by Crippen LogP contribution is -2.06. The average Bonchev–Trinajstić information content (AvgIpc) is 2.66. The third-order valence-electron chi connectivity index (χ3n) is 4.35. The lowest BCUT2D eigenvalue weighted by atomic mass is 10.0. The van der Waals surface area contributed by atoms with Gasteiger partial charge in [-0.05, 0) is 49.2 Å². The zero-order chi connectivity index (χ0) is 19.4. The van der Waals surface area contributed by atoms with Gasteiger partial charge < -0.3 is 13.9 Å². The Hall–Kier alpha value is -3.34. The molecule has 0 saturated carbocycles. The van der Waals surface area contributed by atoms with Crippen LogP contribution in [0.5, 0.6) is 5.75 Å². The van der Waals surface area contributed by atoms with E-state index >= 15 is 0 Å². The number of para-hydroxylation sites is 1. The van der Waals surface area contributed by atoms with Gasteiger partial charge in [-0.1, -0.05) is 18.2 Å². The van der Waals surface area contributed by atoms with Crippen LogP contribution in [0.15, 0.2) is 57.8 Å². The fourth-order valence-electron chi connectivity index (χ4n) is 2.76. The number of ether oxygens (including phenoxy) is 2. The molecule has 0 spiro atoms. The summed E-state index contributed by atoms with van der Waals surface area (Å²) in [4.78, 5) is 23.9. The van der Waals surface area contributed by atoms with Gasteiger partial charge >= 0.3 is 11.6 Å². The molecule has 2 aromatic carbocycles. The summed E-state index contributed by atoms with van der Waals surface area (Å²) < 4.78 is 15.8. The van der Waals surface area contributed by atoms with Crippen LogP contribution in [0.3, 0.4) is 0 Å². The molecule has 0 aliphatic heterocycles. The molecule has 0 unspecified atom stereocenters. The van der Waals surface area contributed by atoms with Gasteiger partial charge in [0.25, 0.3) is 0 Å². The fraction of sp³-hybridized carbons (Fsp3) is 0.182. The second-order valence-electron chi connectivity index (χ2n) is 6.21. The van der Waals surface area contributed by atoms with Crippen molar-refractivity contribution in [1.82, 2.24) is 0 Å². The first-order valence-corrected chi connectivity index (χ1v) is 8.50. The maximum Gasteiger partial charge on any atom is 0.336 e. The predicted octanol–water partition coefficient (Wildman–Crippen LogP) is 4.18. The number of carbonyl (C=O) groups is 1. The Morgan fingerprint density at radius 1 is 1.11 bits per heavy atom. The Morgan fingerprint density at radius 3 is 2.63 bits per heavy atom. The molecule has 0 aliphatic carbocycles. The minimum absolute atomic E-state index is 0.0142. The molecule has 3 aromatic rings. The Morgan fingerprint density at radius 2 is 1.85 bits per heavy atom. The molecule has 5 heteroatoms. The normalized spacial score (nSPS) is 11.1. The summed E-state index contributed by atoms with van der Waals surface area (Å²) >= 11 is 0. The Kier molecular flexibility index (Phi) is 5.41. The van der Waals surface area contributed by atoms with Gasteiger partial charge in [-0.3, -0.25) is 0 Å². The smallest absolute Gasteiger partial charge is 0.336 e. The zero-order valence-electron chi connectivity index (χ0n) is 15.4. The number of aryl methyl sites for hydroxylation is 2. The first-order chi connectivity index (χ1) is 13.0. The van der Waals surface area contributed by atoms with E-state index in [0.29, 0.717) is 16.9 Å². The minimum Gasteiger partial charge on any atom is -0.496 e. The number of hydrogen-bond acceptors (Lipinski definition) is 5. The van der Waals surface area contributed by atoms with Crippen molar-refractivity contribution in [3.8, 4) is 5.75 Å². The molecule has 0 N–H and O–H groups in total. The van der Waals surface area contributed by atoms with E-state index < -0.39 is 11.6 Å². The monoisotopic (exact) mass is 364 g/mol. The second kappa shape index (κ2) is 7.91. The van der Waals surface area contributed by atoms with Gasteiger partial charge in [0, 0.05) is 28.7 Å². The van der Waals surface area contributed by atoms with Gasteiger partial charge in [-0.25, -0.2) is 9.59 Å². The Labute approximate surface area is 156 Å². The minimum atomic E-state index is -0.508. The van der Waals surface area contributed by atoms with Crippen LogP contribution in [0.2, 0.25) is 0 Å². The van der Waals surface area contributed by atoms with Crippen molar-refractivity contribution in [1.29, 1.82) is 0 Å². The third kappa shape index (κ3) is 4.26. The molecule has 0 atom stereocenters. The average molecular weight is 364 g/mol. The highest BCUT2D eigenvalue weighted by molar-refractivity contribution is 5.88. The molecule has 0 aliphatic rings. The molecular weight excluding hydrogens is 344 g/mol. The number of hydrogen-bond donors (Lipinski definition) is 0. The lowest BCUT2D eigenvalue weighted by molar-refractivity contribution is -0.138. The van der Waals surface area contributed by atoms with Crippen LogP contribution in [0.25, 0.3) is 17.0 Å². The Balaban J connectivity index is 1.78. The summed E-state index contributed by atoms with van der Waals surface area (Å²) in [5, 5.41) is 0.763. The van der Waals surface area contributed by atoms with Crippen molar-refractivity contribution < 1.29 is 18.7 Å². The van der Waals surface area contributed by atoms with Crippen LogP contribution in [0, 0.1) is 13.8 Å². The highest BCUT2D eigenvalue weighted by Crippen LogP contribution is 2.22. The molecule has 27 heavy (non-hydrogen) atoms. The van der Waals surface area contributed by atoms with Crippen LogP contribution < -0.4 is 10.4 Å². The van der Waals surface area contributed by atoms with Crippen molar-refractivity contribution in [2.75, 3.05) is 7.11 Å². The number of methoxy groups -OCH3 is 1.